The van der Waals surface area contributed by atoms with Gasteiger partial charge in [0.05, 0.1) is 6.04 Å². The summed E-state index contributed by atoms with van der Waals surface area (Å²) >= 11 is 0. The van der Waals surface area contributed by atoms with Gasteiger partial charge in [-0.15, -0.1) is 0 Å². The van der Waals surface area contributed by atoms with Crippen LogP contribution in [0.1, 0.15) is 35.6 Å². The largest absolute Gasteiger partial charge is 0.490 e. The standard InChI is InChI=1S/C30H31N3O4/c1-20-26(36-24-15-17-33(2)18-16-24)14-13-23-19-25(29(34)37-28(20)23)31-30(35)32-27(21-9-5-3-6-10-21)22-11-7-4-8-12-22/h3-14,19,24,27H,15-18H2,1-2H3,(H2,31,32,35). The summed E-state index contributed by atoms with van der Waals surface area (Å²) < 4.78 is 11.9. The zero-order chi connectivity index (χ0) is 25.8. The monoisotopic (exact) mass is 497 g/mol. The first-order valence-corrected chi connectivity index (χ1v) is 12.6. The quantitative estimate of drug-likeness (QED) is 0.345. The van der Waals surface area contributed by atoms with Gasteiger partial charge in [0.1, 0.15) is 23.1 Å². The number of anilines is 1. The van der Waals surface area contributed by atoms with Gasteiger partial charge in [0.25, 0.3) is 0 Å². The number of piperidine rings is 1. The fourth-order valence-corrected chi connectivity index (χ4v) is 4.74. The fraction of sp³-hybridized carbons (Fsp3) is 0.267. The first kappa shape index (κ1) is 24.6. The molecule has 5 rings (SSSR count). The van der Waals surface area contributed by atoms with Crippen LogP contribution in [0.5, 0.6) is 5.75 Å². The molecule has 0 bridgehead atoms. The number of fused-ring (bicyclic) bond motifs is 1. The van der Waals surface area contributed by atoms with Crippen molar-refractivity contribution in [3.05, 3.63) is 106 Å². The number of rotatable bonds is 6. The summed E-state index contributed by atoms with van der Waals surface area (Å²) in [4.78, 5) is 28.1. The van der Waals surface area contributed by atoms with Crippen molar-refractivity contribution in [1.82, 2.24) is 10.2 Å². The van der Waals surface area contributed by atoms with E-state index in [2.05, 4.69) is 22.6 Å². The minimum atomic E-state index is -0.613. The molecule has 1 saturated heterocycles. The number of likely N-dealkylation sites (tertiary alicyclic amines) is 1. The lowest BCUT2D eigenvalue weighted by Gasteiger charge is -2.29. The van der Waals surface area contributed by atoms with E-state index in [0.29, 0.717) is 11.0 Å². The summed E-state index contributed by atoms with van der Waals surface area (Å²) in [6.07, 6.45) is 2.07. The molecule has 0 aliphatic carbocycles. The predicted molar refractivity (Wildman–Crippen MR) is 145 cm³/mol. The van der Waals surface area contributed by atoms with E-state index in [0.717, 1.165) is 48.4 Å². The maximum Gasteiger partial charge on any atom is 0.360 e. The molecule has 7 heteroatoms. The van der Waals surface area contributed by atoms with Gasteiger partial charge in [-0.1, -0.05) is 60.7 Å². The minimum Gasteiger partial charge on any atom is -0.490 e. The first-order chi connectivity index (χ1) is 18.0. The normalized spacial score (nSPS) is 14.6. The summed E-state index contributed by atoms with van der Waals surface area (Å²) in [5, 5.41) is 6.39. The highest BCUT2D eigenvalue weighted by Crippen LogP contribution is 2.30. The second kappa shape index (κ2) is 10.9. The number of carbonyl (C=O) groups excluding carboxylic acids is 1. The molecular formula is C30H31N3O4. The number of hydrogen-bond donors (Lipinski definition) is 2. The van der Waals surface area contributed by atoms with Crippen molar-refractivity contribution < 1.29 is 13.9 Å². The number of hydrogen-bond acceptors (Lipinski definition) is 5. The summed E-state index contributed by atoms with van der Waals surface area (Å²) in [7, 11) is 2.11. The summed E-state index contributed by atoms with van der Waals surface area (Å²) in [5.74, 6) is 0.720. The van der Waals surface area contributed by atoms with Crippen molar-refractivity contribution in [3.8, 4) is 5.75 Å². The van der Waals surface area contributed by atoms with Gasteiger partial charge in [0.2, 0.25) is 0 Å². The molecule has 2 N–H and O–H groups in total. The van der Waals surface area contributed by atoms with Gasteiger partial charge in [-0.3, -0.25) is 0 Å². The van der Waals surface area contributed by atoms with Gasteiger partial charge in [-0.2, -0.15) is 0 Å². The molecule has 190 valence electrons. The molecule has 1 aromatic heterocycles. The molecule has 7 nitrogen and oxygen atoms in total. The zero-order valence-electron chi connectivity index (χ0n) is 21.1. The Hall–Kier alpha value is -4.10. The van der Waals surface area contributed by atoms with Crippen molar-refractivity contribution in [2.45, 2.75) is 31.9 Å². The van der Waals surface area contributed by atoms with Crippen LogP contribution in [0.3, 0.4) is 0 Å². The van der Waals surface area contributed by atoms with E-state index in [1.54, 1.807) is 6.07 Å². The maximum atomic E-state index is 13.0. The molecule has 0 unspecified atom stereocenters. The highest BCUT2D eigenvalue weighted by molar-refractivity contribution is 5.92. The molecule has 0 spiro atoms. The Labute approximate surface area is 216 Å². The Bertz CT molecular complexity index is 1390. The number of aryl methyl sites for hydroxylation is 1. The van der Waals surface area contributed by atoms with E-state index in [4.69, 9.17) is 9.15 Å². The van der Waals surface area contributed by atoms with E-state index in [9.17, 15) is 9.59 Å². The second-order valence-electron chi connectivity index (χ2n) is 9.53. The number of benzene rings is 3. The summed E-state index contributed by atoms with van der Waals surface area (Å²) in [5.41, 5.74) is 2.57. The van der Waals surface area contributed by atoms with Gasteiger partial charge in [0.15, 0.2) is 0 Å². The van der Waals surface area contributed by atoms with E-state index >= 15 is 0 Å². The van der Waals surface area contributed by atoms with Crippen LogP contribution in [0.2, 0.25) is 0 Å². The van der Waals surface area contributed by atoms with Crippen molar-refractivity contribution in [3.63, 3.8) is 0 Å². The van der Waals surface area contributed by atoms with E-state index in [1.165, 1.54) is 0 Å². The molecule has 37 heavy (non-hydrogen) atoms. The fourth-order valence-electron chi connectivity index (χ4n) is 4.74. The second-order valence-corrected chi connectivity index (χ2v) is 9.53. The smallest absolute Gasteiger partial charge is 0.360 e. The minimum absolute atomic E-state index is 0.0771. The third kappa shape index (κ3) is 5.67. The van der Waals surface area contributed by atoms with Crippen molar-refractivity contribution in [1.29, 1.82) is 0 Å². The molecule has 0 saturated carbocycles. The third-order valence-electron chi connectivity index (χ3n) is 6.85. The third-order valence-corrected chi connectivity index (χ3v) is 6.85. The molecule has 3 aromatic carbocycles. The number of ether oxygens (including phenoxy) is 1. The van der Waals surface area contributed by atoms with Gasteiger partial charge in [0, 0.05) is 24.0 Å². The Morgan fingerprint density at radius 3 is 2.22 bits per heavy atom. The Balaban J connectivity index is 1.35. The zero-order valence-corrected chi connectivity index (χ0v) is 21.1. The number of carbonyl (C=O) groups is 1. The number of nitrogens with one attached hydrogen (secondary N) is 2. The number of nitrogens with zero attached hydrogens (tertiary/aromatic N) is 1. The van der Waals surface area contributed by atoms with Crippen molar-refractivity contribution >= 4 is 22.7 Å². The highest BCUT2D eigenvalue weighted by atomic mass is 16.5. The van der Waals surface area contributed by atoms with E-state index < -0.39 is 11.7 Å². The van der Waals surface area contributed by atoms with Crippen LogP contribution in [0.25, 0.3) is 11.0 Å². The molecule has 0 radical (unpaired) electrons. The predicted octanol–water partition coefficient (Wildman–Crippen LogP) is 5.49. The average molecular weight is 498 g/mol. The van der Waals surface area contributed by atoms with E-state index in [-0.39, 0.29) is 17.8 Å². The first-order valence-electron chi connectivity index (χ1n) is 12.6. The molecule has 1 fully saturated rings. The van der Waals surface area contributed by atoms with Crippen LogP contribution >= 0.6 is 0 Å². The molecule has 1 aliphatic rings. The van der Waals surface area contributed by atoms with E-state index in [1.807, 2.05) is 79.7 Å². The molecule has 1 aliphatic heterocycles. The van der Waals surface area contributed by atoms with Gasteiger partial charge < -0.3 is 24.7 Å². The molecule has 4 aromatic rings. The lowest BCUT2D eigenvalue weighted by molar-refractivity contribution is 0.113. The van der Waals surface area contributed by atoms with Crippen LogP contribution < -0.4 is 21.0 Å². The van der Waals surface area contributed by atoms with Gasteiger partial charge in [-0.05, 0) is 56.1 Å². The van der Waals surface area contributed by atoms with Crippen LogP contribution in [-0.4, -0.2) is 37.2 Å². The van der Waals surface area contributed by atoms with Crippen LogP contribution in [0, 0.1) is 6.92 Å². The summed E-state index contributed by atoms with van der Waals surface area (Å²) in [6.45, 7) is 3.89. The number of amides is 2. The average Bonchev–Trinajstić information content (AvgIpc) is 2.92. The van der Waals surface area contributed by atoms with Crippen LogP contribution in [0.15, 0.2) is 88.1 Å². The maximum absolute atomic E-state index is 13.0. The highest BCUT2D eigenvalue weighted by Gasteiger charge is 2.21. The molecule has 0 atom stereocenters. The molecule has 2 amide bonds. The Kier molecular flexibility index (Phi) is 7.23. The molecular weight excluding hydrogens is 466 g/mol. The van der Waals surface area contributed by atoms with Gasteiger partial charge in [-0.25, -0.2) is 9.59 Å². The summed E-state index contributed by atoms with van der Waals surface area (Å²) in [6, 6.07) is 23.9. The SMILES string of the molecule is Cc1c(OC2CCN(C)CC2)ccc2cc(NC(=O)NC(c3ccccc3)c3ccccc3)c(=O)oc12. The molecule has 2 heterocycles. The Morgan fingerprint density at radius 2 is 1.59 bits per heavy atom. The number of urea groups is 1. The topological polar surface area (TPSA) is 83.8 Å². The van der Waals surface area contributed by atoms with Crippen molar-refractivity contribution in [2.75, 3.05) is 25.5 Å². The van der Waals surface area contributed by atoms with Crippen molar-refractivity contribution in [2.24, 2.45) is 0 Å². The van der Waals surface area contributed by atoms with Crippen LogP contribution in [-0.2, 0) is 0 Å². The lowest BCUT2D eigenvalue weighted by atomic mass is 9.99. The Morgan fingerprint density at radius 1 is 0.973 bits per heavy atom. The lowest BCUT2D eigenvalue weighted by Crippen LogP contribution is -2.35. The van der Waals surface area contributed by atoms with Crippen LogP contribution in [0.4, 0.5) is 10.5 Å². The van der Waals surface area contributed by atoms with Gasteiger partial charge >= 0.3 is 11.7 Å².